The van der Waals surface area contributed by atoms with E-state index < -0.39 is 0 Å². The SMILES string of the molecule is COc1ccccc1OCC(=O)N[C@H](c1ccccc1)c1ccco1. The molecule has 0 unspecified atom stereocenters. The first-order valence-electron chi connectivity index (χ1n) is 7.91. The molecule has 0 bridgehead atoms. The van der Waals surface area contributed by atoms with E-state index in [1.807, 2.05) is 48.5 Å². The zero-order chi connectivity index (χ0) is 17.5. The predicted octanol–water partition coefficient (Wildman–Crippen LogP) is 3.57. The lowest BCUT2D eigenvalue weighted by molar-refractivity contribution is -0.123. The highest BCUT2D eigenvalue weighted by molar-refractivity contribution is 5.78. The van der Waals surface area contributed by atoms with Crippen molar-refractivity contribution < 1.29 is 18.7 Å². The van der Waals surface area contributed by atoms with Crippen LogP contribution in [0, 0.1) is 0 Å². The zero-order valence-corrected chi connectivity index (χ0v) is 13.8. The van der Waals surface area contributed by atoms with Crippen molar-refractivity contribution in [3.8, 4) is 11.5 Å². The van der Waals surface area contributed by atoms with Gasteiger partial charge < -0.3 is 19.2 Å². The second kappa shape index (κ2) is 8.06. The van der Waals surface area contributed by atoms with Gasteiger partial charge in [-0.05, 0) is 29.8 Å². The molecule has 0 spiro atoms. The number of para-hydroxylation sites is 2. The smallest absolute Gasteiger partial charge is 0.258 e. The second-order valence-corrected chi connectivity index (χ2v) is 5.37. The Morgan fingerprint density at radius 3 is 2.40 bits per heavy atom. The molecule has 0 radical (unpaired) electrons. The summed E-state index contributed by atoms with van der Waals surface area (Å²) >= 11 is 0. The highest BCUT2D eigenvalue weighted by atomic mass is 16.5. The summed E-state index contributed by atoms with van der Waals surface area (Å²) in [5, 5.41) is 2.94. The number of rotatable bonds is 7. The predicted molar refractivity (Wildman–Crippen MR) is 93.6 cm³/mol. The van der Waals surface area contributed by atoms with Crippen LogP contribution in [-0.4, -0.2) is 19.6 Å². The van der Waals surface area contributed by atoms with E-state index in [4.69, 9.17) is 13.9 Å². The Morgan fingerprint density at radius 1 is 1.00 bits per heavy atom. The van der Waals surface area contributed by atoms with Crippen LogP contribution in [0.1, 0.15) is 17.4 Å². The molecule has 5 nitrogen and oxygen atoms in total. The van der Waals surface area contributed by atoms with E-state index in [0.29, 0.717) is 17.3 Å². The molecule has 2 aromatic carbocycles. The summed E-state index contributed by atoms with van der Waals surface area (Å²) in [4.78, 5) is 12.4. The van der Waals surface area contributed by atoms with Gasteiger partial charge in [0.05, 0.1) is 13.4 Å². The molecule has 0 fully saturated rings. The molecule has 0 saturated heterocycles. The molecular weight excluding hydrogens is 318 g/mol. The molecule has 3 aromatic rings. The first-order chi connectivity index (χ1) is 12.3. The molecule has 1 heterocycles. The highest BCUT2D eigenvalue weighted by Gasteiger charge is 2.19. The molecule has 1 amide bonds. The molecule has 0 saturated carbocycles. The van der Waals surface area contributed by atoms with Gasteiger partial charge in [0.25, 0.3) is 5.91 Å². The maximum Gasteiger partial charge on any atom is 0.258 e. The van der Waals surface area contributed by atoms with Crippen LogP contribution in [0.3, 0.4) is 0 Å². The minimum atomic E-state index is -0.370. The van der Waals surface area contributed by atoms with E-state index in [1.165, 1.54) is 0 Å². The molecular formula is C20H19NO4. The molecule has 3 rings (SSSR count). The summed E-state index contributed by atoms with van der Waals surface area (Å²) in [5.74, 6) is 1.52. The second-order valence-electron chi connectivity index (χ2n) is 5.37. The molecule has 0 aliphatic heterocycles. The van der Waals surface area contributed by atoms with Crippen LogP contribution in [0.15, 0.2) is 77.4 Å². The minimum absolute atomic E-state index is 0.121. The van der Waals surface area contributed by atoms with Gasteiger partial charge >= 0.3 is 0 Å². The van der Waals surface area contributed by atoms with Crippen molar-refractivity contribution in [2.75, 3.05) is 13.7 Å². The van der Waals surface area contributed by atoms with Crippen LogP contribution in [0.2, 0.25) is 0 Å². The number of ether oxygens (including phenoxy) is 2. The Labute approximate surface area is 146 Å². The van der Waals surface area contributed by atoms with Crippen LogP contribution in [0.4, 0.5) is 0 Å². The lowest BCUT2D eigenvalue weighted by Crippen LogP contribution is -2.33. The molecule has 25 heavy (non-hydrogen) atoms. The van der Waals surface area contributed by atoms with E-state index in [2.05, 4.69) is 5.32 Å². The number of carbonyl (C=O) groups is 1. The monoisotopic (exact) mass is 337 g/mol. The Bertz CT molecular complexity index is 800. The molecule has 128 valence electrons. The molecule has 1 atom stereocenters. The Hall–Kier alpha value is -3.21. The minimum Gasteiger partial charge on any atom is -0.493 e. The van der Waals surface area contributed by atoms with Gasteiger partial charge in [0, 0.05) is 0 Å². The van der Waals surface area contributed by atoms with Crippen molar-refractivity contribution in [2.24, 2.45) is 0 Å². The highest BCUT2D eigenvalue weighted by Crippen LogP contribution is 2.26. The molecule has 1 N–H and O–H groups in total. The van der Waals surface area contributed by atoms with Gasteiger partial charge in [0.1, 0.15) is 11.8 Å². The third kappa shape index (κ3) is 4.20. The normalized spacial score (nSPS) is 11.6. The molecule has 1 aromatic heterocycles. The summed E-state index contributed by atoms with van der Waals surface area (Å²) in [5.41, 5.74) is 0.933. The number of furan rings is 1. The summed E-state index contributed by atoms with van der Waals surface area (Å²) in [6.07, 6.45) is 1.59. The molecule has 0 aliphatic rings. The number of hydrogen-bond acceptors (Lipinski definition) is 4. The Morgan fingerprint density at radius 2 is 1.72 bits per heavy atom. The third-order valence-electron chi connectivity index (χ3n) is 3.69. The van der Waals surface area contributed by atoms with Crippen molar-refractivity contribution in [3.05, 3.63) is 84.3 Å². The van der Waals surface area contributed by atoms with Crippen LogP contribution in [0.25, 0.3) is 0 Å². The first-order valence-corrected chi connectivity index (χ1v) is 7.91. The summed E-state index contributed by atoms with van der Waals surface area (Å²) in [6.45, 7) is -0.121. The van der Waals surface area contributed by atoms with Crippen LogP contribution in [0.5, 0.6) is 11.5 Å². The molecule has 0 aliphatic carbocycles. The standard InChI is InChI=1S/C20H19NO4/c1-23-16-10-5-6-11-17(16)25-14-19(22)21-20(18-12-7-13-24-18)15-8-3-2-4-9-15/h2-13,20H,14H2,1H3,(H,21,22)/t20-/m1/s1. The Kier molecular flexibility index (Phi) is 5.36. The fraction of sp³-hybridized carbons (Fsp3) is 0.150. The largest absolute Gasteiger partial charge is 0.493 e. The van der Waals surface area contributed by atoms with Crippen molar-refractivity contribution in [1.82, 2.24) is 5.32 Å². The number of methoxy groups -OCH3 is 1. The average Bonchev–Trinajstić information content (AvgIpc) is 3.20. The van der Waals surface area contributed by atoms with Gasteiger partial charge in [-0.25, -0.2) is 0 Å². The number of benzene rings is 2. The van der Waals surface area contributed by atoms with E-state index in [0.717, 1.165) is 5.56 Å². The first kappa shape index (κ1) is 16.6. The average molecular weight is 337 g/mol. The Balaban J connectivity index is 1.69. The number of amides is 1. The van der Waals surface area contributed by atoms with E-state index in [1.54, 1.807) is 31.6 Å². The lowest BCUT2D eigenvalue weighted by Gasteiger charge is -2.17. The van der Waals surface area contributed by atoms with Crippen molar-refractivity contribution >= 4 is 5.91 Å². The number of carbonyl (C=O) groups excluding carboxylic acids is 1. The third-order valence-corrected chi connectivity index (χ3v) is 3.69. The lowest BCUT2D eigenvalue weighted by atomic mass is 10.0. The van der Waals surface area contributed by atoms with Crippen LogP contribution < -0.4 is 14.8 Å². The summed E-state index contributed by atoms with van der Waals surface area (Å²) in [6, 6.07) is 20.1. The van der Waals surface area contributed by atoms with Crippen molar-refractivity contribution in [3.63, 3.8) is 0 Å². The zero-order valence-electron chi connectivity index (χ0n) is 13.8. The van der Waals surface area contributed by atoms with Gasteiger partial charge in [-0.15, -0.1) is 0 Å². The van der Waals surface area contributed by atoms with E-state index >= 15 is 0 Å². The maximum atomic E-state index is 12.4. The van der Waals surface area contributed by atoms with Crippen LogP contribution in [-0.2, 0) is 4.79 Å². The van der Waals surface area contributed by atoms with Crippen molar-refractivity contribution in [1.29, 1.82) is 0 Å². The van der Waals surface area contributed by atoms with E-state index in [9.17, 15) is 4.79 Å². The topological polar surface area (TPSA) is 60.7 Å². The van der Waals surface area contributed by atoms with Gasteiger partial charge in [-0.1, -0.05) is 42.5 Å². The van der Waals surface area contributed by atoms with Gasteiger partial charge in [0.15, 0.2) is 18.1 Å². The molecule has 5 heteroatoms. The van der Waals surface area contributed by atoms with Gasteiger partial charge in [-0.2, -0.15) is 0 Å². The number of nitrogens with one attached hydrogen (secondary N) is 1. The fourth-order valence-electron chi connectivity index (χ4n) is 2.50. The summed E-state index contributed by atoms with van der Waals surface area (Å²) < 4.78 is 16.3. The van der Waals surface area contributed by atoms with Gasteiger partial charge in [0.2, 0.25) is 0 Å². The van der Waals surface area contributed by atoms with E-state index in [-0.39, 0.29) is 18.6 Å². The van der Waals surface area contributed by atoms with Gasteiger partial charge in [-0.3, -0.25) is 4.79 Å². The summed E-state index contributed by atoms with van der Waals surface area (Å²) in [7, 11) is 1.56. The number of hydrogen-bond donors (Lipinski definition) is 1. The quantitative estimate of drug-likeness (QED) is 0.716. The van der Waals surface area contributed by atoms with Crippen molar-refractivity contribution in [2.45, 2.75) is 6.04 Å². The van der Waals surface area contributed by atoms with Crippen LogP contribution >= 0.6 is 0 Å². The fourth-order valence-corrected chi connectivity index (χ4v) is 2.50. The maximum absolute atomic E-state index is 12.4.